The smallest absolute Gasteiger partial charge is 0.211 e. The van der Waals surface area contributed by atoms with Crippen molar-refractivity contribution in [1.82, 2.24) is 4.72 Å². The average molecular weight is 211 g/mol. The molecule has 0 aliphatic heterocycles. The second-order valence-electron chi connectivity index (χ2n) is 2.40. The highest BCUT2D eigenvalue weighted by molar-refractivity contribution is 7.89. The van der Waals surface area contributed by atoms with E-state index in [2.05, 4.69) is 4.72 Å². The van der Waals surface area contributed by atoms with Crippen LogP contribution in [-0.2, 0) is 19.5 Å². The van der Waals surface area contributed by atoms with Crippen LogP contribution in [0.1, 0.15) is 6.92 Å². The molecular weight excluding hydrogens is 194 g/mol. The van der Waals surface area contributed by atoms with Crippen LogP contribution in [0.2, 0.25) is 0 Å². The summed E-state index contributed by atoms with van der Waals surface area (Å²) >= 11 is 0. The van der Waals surface area contributed by atoms with Crippen molar-refractivity contribution in [3.8, 4) is 0 Å². The van der Waals surface area contributed by atoms with Crippen LogP contribution >= 0.6 is 0 Å². The molecule has 0 aliphatic carbocycles. The van der Waals surface area contributed by atoms with Crippen molar-refractivity contribution in [2.75, 3.05) is 39.2 Å². The highest BCUT2D eigenvalue weighted by atomic mass is 32.2. The van der Waals surface area contributed by atoms with Crippen LogP contribution in [0.25, 0.3) is 0 Å². The van der Waals surface area contributed by atoms with Gasteiger partial charge in [-0.2, -0.15) is 0 Å². The van der Waals surface area contributed by atoms with Crippen molar-refractivity contribution in [3.63, 3.8) is 0 Å². The molecule has 0 aliphatic rings. The fourth-order valence-electron chi connectivity index (χ4n) is 0.616. The predicted molar refractivity (Wildman–Crippen MR) is 50.2 cm³/mol. The summed E-state index contributed by atoms with van der Waals surface area (Å²) in [5, 5.41) is 0. The summed E-state index contributed by atoms with van der Waals surface area (Å²) in [6.45, 7) is 3.31. The van der Waals surface area contributed by atoms with Gasteiger partial charge in [-0.3, -0.25) is 0 Å². The standard InChI is InChI=1S/C7H17NO4S/c1-3-13(9,10)8-4-5-12-7-6-11-2/h8H,3-7H2,1-2H3. The SMILES string of the molecule is CCS(=O)(=O)NCCOCCOC. The van der Waals surface area contributed by atoms with E-state index in [1.54, 1.807) is 14.0 Å². The Labute approximate surface area is 79.5 Å². The molecule has 0 fully saturated rings. The second-order valence-corrected chi connectivity index (χ2v) is 4.50. The van der Waals surface area contributed by atoms with Crippen molar-refractivity contribution >= 4 is 10.0 Å². The minimum atomic E-state index is -3.07. The molecule has 1 N–H and O–H groups in total. The van der Waals surface area contributed by atoms with E-state index in [-0.39, 0.29) is 5.75 Å². The molecule has 5 nitrogen and oxygen atoms in total. The Morgan fingerprint density at radius 3 is 2.46 bits per heavy atom. The topological polar surface area (TPSA) is 64.6 Å². The lowest BCUT2D eigenvalue weighted by Gasteiger charge is -2.04. The number of ether oxygens (including phenoxy) is 2. The molecule has 0 saturated heterocycles. The molecule has 0 atom stereocenters. The summed E-state index contributed by atoms with van der Waals surface area (Å²) < 4.78 is 34.0. The van der Waals surface area contributed by atoms with Crippen LogP contribution in [0.4, 0.5) is 0 Å². The molecule has 0 aromatic heterocycles. The summed E-state index contributed by atoms with van der Waals surface area (Å²) in [5.74, 6) is 0.102. The Bertz CT molecular complexity index is 203. The Balaban J connectivity index is 3.26. The van der Waals surface area contributed by atoms with E-state index in [1.165, 1.54) is 0 Å². The van der Waals surface area contributed by atoms with Crippen LogP contribution in [0.3, 0.4) is 0 Å². The molecule has 0 amide bonds. The molecule has 0 spiro atoms. The van der Waals surface area contributed by atoms with Crippen molar-refractivity contribution in [3.05, 3.63) is 0 Å². The van der Waals surface area contributed by atoms with E-state index in [1.807, 2.05) is 0 Å². The van der Waals surface area contributed by atoms with Gasteiger partial charge >= 0.3 is 0 Å². The highest BCUT2D eigenvalue weighted by Crippen LogP contribution is 1.81. The van der Waals surface area contributed by atoms with Gasteiger partial charge in [0.1, 0.15) is 0 Å². The van der Waals surface area contributed by atoms with Crippen LogP contribution < -0.4 is 4.72 Å². The molecule has 0 aromatic rings. The van der Waals surface area contributed by atoms with Gasteiger partial charge in [0, 0.05) is 13.7 Å². The van der Waals surface area contributed by atoms with Crippen LogP contribution in [0.5, 0.6) is 0 Å². The van der Waals surface area contributed by atoms with Gasteiger partial charge < -0.3 is 9.47 Å². The van der Waals surface area contributed by atoms with Crippen molar-refractivity contribution in [2.24, 2.45) is 0 Å². The third-order valence-corrected chi connectivity index (χ3v) is 2.78. The zero-order chi connectivity index (χ0) is 10.2. The van der Waals surface area contributed by atoms with Gasteiger partial charge in [0.05, 0.1) is 25.6 Å². The zero-order valence-electron chi connectivity index (χ0n) is 8.08. The molecular formula is C7H17NO4S. The summed E-state index contributed by atoms with van der Waals surface area (Å²) in [6.07, 6.45) is 0. The maximum Gasteiger partial charge on any atom is 0.211 e. The summed E-state index contributed by atoms with van der Waals surface area (Å²) in [7, 11) is -1.49. The lowest BCUT2D eigenvalue weighted by atomic mass is 10.7. The van der Waals surface area contributed by atoms with Gasteiger partial charge in [0.15, 0.2) is 0 Å². The number of nitrogens with one attached hydrogen (secondary N) is 1. The van der Waals surface area contributed by atoms with Crippen molar-refractivity contribution in [2.45, 2.75) is 6.92 Å². The lowest BCUT2D eigenvalue weighted by Crippen LogP contribution is -2.29. The largest absolute Gasteiger partial charge is 0.382 e. The molecule has 0 bridgehead atoms. The third kappa shape index (κ3) is 8.17. The monoisotopic (exact) mass is 211 g/mol. The number of methoxy groups -OCH3 is 1. The van der Waals surface area contributed by atoms with E-state index < -0.39 is 10.0 Å². The minimum Gasteiger partial charge on any atom is -0.382 e. The zero-order valence-corrected chi connectivity index (χ0v) is 8.89. The van der Waals surface area contributed by atoms with E-state index >= 15 is 0 Å². The molecule has 6 heteroatoms. The quantitative estimate of drug-likeness (QED) is 0.554. The molecule has 0 heterocycles. The van der Waals surface area contributed by atoms with Crippen molar-refractivity contribution in [1.29, 1.82) is 0 Å². The Hall–Kier alpha value is -0.170. The molecule has 0 rings (SSSR count). The first kappa shape index (κ1) is 12.8. The van der Waals surface area contributed by atoms with Gasteiger partial charge in [-0.05, 0) is 6.92 Å². The molecule has 0 saturated carbocycles. The molecule has 0 unspecified atom stereocenters. The number of sulfonamides is 1. The first-order valence-electron chi connectivity index (χ1n) is 4.16. The first-order chi connectivity index (χ1) is 6.12. The summed E-state index contributed by atoms with van der Waals surface area (Å²) in [5.41, 5.74) is 0. The maximum absolute atomic E-state index is 10.9. The van der Waals surface area contributed by atoms with Crippen molar-refractivity contribution < 1.29 is 17.9 Å². The summed E-state index contributed by atoms with van der Waals surface area (Å²) in [4.78, 5) is 0. The number of rotatable bonds is 8. The number of hydrogen-bond donors (Lipinski definition) is 1. The predicted octanol–water partition coefficient (Wildman–Crippen LogP) is -0.411. The summed E-state index contributed by atoms with van der Waals surface area (Å²) in [6, 6.07) is 0. The molecule has 13 heavy (non-hydrogen) atoms. The molecule has 0 aromatic carbocycles. The minimum absolute atomic E-state index is 0.102. The maximum atomic E-state index is 10.9. The molecule has 0 radical (unpaired) electrons. The van der Waals surface area contributed by atoms with Crippen LogP contribution in [0, 0.1) is 0 Å². The second kappa shape index (κ2) is 7.25. The van der Waals surface area contributed by atoms with E-state index in [4.69, 9.17) is 9.47 Å². The van der Waals surface area contributed by atoms with E-state index in [0.717, 1.165) is 0 Å². The normalized spacial score (nSPS) is 11.8. The van der Waals surface area contributed by atoms with E-state index in [0.29, 0.717) is 26.4 Å². The fourth-order valence-corrected chi connectivity index (χ4v) is 1.21. The van der Waals surface area contributed by atoms with Gasteiger partial charge in [-0.1, -0.05) is 0 Å². The Kier molecular flexibility index (Phi) is 7.16. The van der Waals surface area contributed by atoms with Gasteiger partial charge in [-0.25, -0.2) is 13.1 Å². The highest BCUT2D eigenvalue weighted by Gasteiger charge is 2.03. The third-order valence-electron chi connectivity index (χ3n) is 1.38. The van der Waals surface area contributed by atoms with E-state index in [9.17, 15) is 8.42 Å². The van der Waals surface area contributed by atoms with Gasteiger partial charge in [0.25, 0.3) is 0 Å². The van der Waals surface area contributed by atoms with Crippen LogP contribution in [-0.4, -0.2) is 47.6 Å². The first-order valence-corrected chi connectivity index (χ1v) is 5.81. The average Bonchev–Trinajstić information content (AvgIpc) is 2.11. The Morgan fingerprint density at radius 2 is 1.92 bits per heavy atom. The van der Waals surface area contributed by atoms with Gasteiger partial charge in [-0.15, -0.1) is 0 Å². The molecule has 80 valence electrons. The van der Waals surface area contributed by atoms with Gasteiger partial charge in [0.2, 0.25) is 10.0 Å². The Morgan fingerprint density at radius 1 is 1.23 bits per heavy atom. The fraction of sp³-hybridized carbons (Fsp3) is 1.00. The van der Waals surface area contributed by atoms with Crippen LogP contribution in [0.15, 0.2) is 0 Å². The lowest BCUT2D eigenvalue weighted by molar-refractivity contribution is 0.0736. The number of hydrogen-bond acceptors (Lipinski definition) is 4.